The highest BCUT2D eigenvalue weighted by molar-refractivity contribution is 5.74. The fourth-order valence-corrected chi connectivity index (χ4v) is 2.67. The molecule has 0 aromatic rings. The van der Waals surface area contributed by atoms with Crippen LogP contribution < -0.4 is 5.32 Å². The number of aliphatic carboxylic acids is 1. The molecule has 0 radical (unpaired) electrons. The van der Waals surface area contributed by atoms with Crippen molar-refractivity contribution in [3.05, 3.63) is 0 Å². The quantitative estimate of drug-likeness (QED) is 0.748. The van der Waals surface area contributed by atoms with Crippen LogP contribution >= 0.6 is 0 Å². The van der Waals surface area contributed by atoms with Crippen LogP contribution in [0.15, 0.2) is 0 Å². The van der Waals surface area contributed by atoms with Gasteiger partial charge in [-0.15, -0.1) is 0 Å². The van der Waals surface area contributed by atoms with Gasteiger partial charge in [-0.2, -0.15) is 0 Å². The van der Waals surface area contributed by atoms with Crippen LogP contribution in [0, 0.1) is 11.3 Å². The Hall–Kier alpha value is -0.570. The summed E-state index contributed by atoms with van der Waals surface area (Å²) in [5.41, 5.74) is 0.393. The lowest BCUT2D eigenvalue weighted by Crippen LogP contribution is -2.44. The SMILES string of the molecule is CC1(C)CCC(NC(C(=O)O)C2CC2)C1. The van der Waals surface area contributed by atoms with Crippen molar-refractivity contribution in [1.29, 1.82) is 0 Å². The second-order valence-corrected chi connectivity index (χ2v) is 5.92. The van der Waals surface area contributed by atoms with Crippen molar-refractivity contribution in [2.75, 3.05) is 0 Å². The first-order valence-corrected chi connectivity index (χ1v) is 5.97. The summed E-state index contributed by atoms with van der Waals surface area (Å²) in [6, 6.07) is 0.130. The van der Waals surface area contributed by atoms with Crippen molar-refractivity contribution in [1.82, 2.24) is 5.32 Å². The van der Waals surface area contributed by atoms with E-state index in [4.69, 9.17) is 5.11 Å². The van der Waals surface area contributed by atoms with Crippen LogP contribution in [0.4, 0.5) is 0 Å². The summed E-state index contributed by atoms with van der Waals surface area (Å²) in [5.74, 6) is -0.270. The lowest BCUT2D eigenvalue weighted by Gasteiger charge is -2.21. The van der Waals surface area contributed by atoms with Gasteiger partial charge in [-0.3, -0.25) is 4.79 Å². The van der Waals surface area contributed by atoms with Crippen molar-refractivity contribution in [3.8, 4) is 0 Å². The van der Waals surface area contributed by atoms with Gasteiger partial charge in [-0.1, -0.05) is 13.8 Å². The zero-order valence-corrected chi connectivity index (χ0v) is 9.62. The second-order valence-electron chi connectivity index (χ2n) is 5.92. The lowest BCUT2D eigenvalue weighted by molar-refractivity contribution is -0.140. The molecule has 0 spiro atoms. The standard InChI is InChI=1S/C12H21NO2/c1-12(2)6-5-9(7-12)13-10(11(14)15)8-3-4-8/h8-10,13H,3-7H2,1-2H3,(H,14,15). The summed E-state index contributed by atoms with van der Waals surface area (Å²) in [6.45, 7) is 4.53. The van der Waals surface area contributed by atoms with Gasteiger partial charge in [-0.05, 0) is 43.4 Å². The summed E-state index contributed by atoms with van der Waals surface area (Å²) < 4.78 is 0. The van der Waals surface area contributed by atoms with E-state index < -0.39 is 5.97 Å². The molecule has 0 aromatic heterocycles. The van der Waals surface area contributed by atoms with E-state index >= 15 is 0 Å². The lowest BCUT2D eigenvalue weighted by atomic mass is 9.91. The smallest absolute Gasteiger partial charge is 0.320 e. The van der Waals surface area contributed by atoms with Gasteiger partial charge in [0.15, 0.2) is 0 Å². The first-order valence-electron chi connectivity index (χ1n) is 5.97. The van der Waals surface area contributed by atoms with Crippen LogP contribution in [0.25, 0.3) is 0 Å². The molecule has 2 aliphatic rings. The van der Waals surface area contributed by atoms with Crippen LogP contribution in [0.3, 0.4) is 0 Å². The highest BCUT2D eigenvalue weighted by Gasteiger charge is 2.39. The molecule has 2 aliphatic carbocycles. The highest BCUT2D eigenvalue weighted by atomic mass is 16.4. The van der Waals surface area contributed by atoms with Crippen molar-refractivity contribution in [2.45, 2.75) is 58.0 Å². The Morgan fingerprint density at radius 3 is 2.47 bits per heavy atom. The van der Waals surface area contributed by atoms with E-state index in [1.54, 1.807) is 0 Å². The first kappa shape index (κ1) is 10.9. The van der Waals surface area contributed by atoms with E-state index in [0.717, 1.165) is 25.7 Å². The molecule has 0 aromatic carbocycles. The third-order valence-electron chi connectivity index (χ3n) is 3.74. The maximum absolute atomic E-state index is 11.1. The predicted octanol–water partition coefficient (Wildman–Crippen LogP) is 2.02. The van der Waals surface area contributed by atoms with Gasteiger partial charge in [-0.25, -0.2) is 0 Å². The van der Waals surface area contributed by atoms with Gasteiger partial charge in [0.2, 0.25) is 0 Å². The molecule has 2 fully saturated rings. The Labute approximate surface area is 91.2 Å². The minimum absolute atomic E-state index is 0.288. The van der Waals surface area contributed by atoms with Crippen LogP contribution in [-0.4, -0.2) is 23.2 Å². The Morgan fingerprint density at radius 1 is 1.40 bits per heavy atom. The average Bonchev–Trinajstić information content (AvgIpc) is 2.88. The van der Waals surface area contributed by atoms with Crippen LogP contribution in [0.5, 0.6) is 0 Å². The van der Waals surface area contributed by atoms with Crippen molar-refractivity contribution < 1.29 is 9.90 Å². The number of carboxylic acids is 1. The van der Waals surface area contributed by atoms with E-state index in [-0.39, 0.29) is 6.04 Å². The third-order valence-corrected chi connectivity index (χ3v) is 3.74. The molecule has 15 heavy (non-hydrogen) atoms. The first-order chi connectivity index (χ1) is 6.98. The molecular weight excluding hydrogens is 190 g/mol. The molecule has 3 heteroatoms. The minimum Gasteiger partial charge on any atom is -0.480 e. The average molecular weight is 211 g/mol. The van der Waals surface area contributed by atoms with E-state index in [0.29, 0.717) is 17.4 Å². The fraction of sp³-hybridized carbons (Fsp3) is 0.917. The number of carboxylic acid groups (broad SMARTS) is 1. The molecule has 2 unspecified atom stereocenters. The van der Waals surface area contributed by atoms with Gasteiger partial charge in [0.05, 0.1) is 0 Å². The summed E-state index contributed by atoms with van der Waals surface area (Å²) >= 11 is 0. The van der Waals surface area contributed by atoms with E-state index in [9.17, 15) is 4.79 Å². The summed E-state index contributed by atoms with van der Waals surface area (Å²) in [6.07, 6.45) is 5.62. The topological polar surface area (TPSA) is 49.3 Å². The number of hydrogen-bond acceptors (Lipinski definition) is 2. The van der Waals surface area contributed by atoms with Gasteiger partial charge >= 0.3 is 5.97 Å². The van der Waals surface area contributed by atoms with Crippen LogP contribution in [-0.2, 0) is 4.79 Å². The molecule has 0 amide bonds. The van der Waals surface area contributed by atoms with Gasteiger partial charge in [0.25, 0.3) is 0 Å². The molecule has 2 N–H and O–H groups in total. The fourth-order valence-electron chi connectivity index (χ4n) is 2.67. The molecule has 0 aliphatic heterocycles. The second kappa shape index (κ2) is 3.78. The molecule has 2 rings (SSSR count). The maximum Gasteiger partial charge on any atom is 0.320 e. The van der Waals surface area contributed by atoms with Gasteiger partial charge < -0.3 is 10.4 Å². The number of hydrogen-bond donors (Lipinski definition) is 2. The molecule has 2 atom stereocenters. The van der Waals surface area contributed by atoms with Gasteiger partial charge in [0, 0.05) is 6.04 Å². The monoisotopic (exact) mass is 211 g/mol. The molecule has 0 bridgehead atoms. The zero-order valence-electron chi connectivity index (χ0n) is 9.62. The predicted molar refractivity (Wildman–Crippen MR) is 58.7 cm³/mol. The Morgan fingerprint density at radius 2 is 2.07 bits per heavy atom. The molecule has 2 saturated carbocycles. The maximum atomic E-state index is 11.1. The molecular formula is C12H21NO2. The summed E-state index contributed by atoms with van der Waals surface area (Å²) in [4.78, 5) is 11.1. The van der Waals surface area contributed by atoms with Crippen LogP contribution in [0.1, 0.15) is 46.0 Å². The third kappa shape index (κ3) is 2.71. The van der Waals surface area contributed by atoms with Crippen molar-refractivity contribution >= 4 is 5.97 Å². The normalized spacial score (nSPS) is 31.5. The van der Waals surface area contributed by atoms with Crippen molar-refractivity contribution in [2.24, 2.45) is 11.3 Å². The number of carbonyl (C=O) groups is 1. The van der Waals surface area contributed by atoms with Gasteiger partial charge in [0.1, 0.15) is 6.04 Å². The number of nitrogens with one attached hydrogen (secondary N) is 1. The van der Waals surface area contributed by atoms with Crippen molar-refractivity contribution in [3.63, 3.8) is 0 Å². The highest BCUT2D eigenvalue weighted by Crippen LogP contribution is 2.39. The Kier molecular flexibility index (Phi) is 2.75. The summed E-state index contributed by atoms with van der Waals surface area (Å²) in [5, 5.41) is 12.4. The van der Waals surface area contributed by atoms with E-state index in [1.807, 2.05) is 0 Å². The van der Waals surface area contributed by atoms with E-state index in [2.05, 4.69) is 19.2 Å². The number of rotatable bonds is 4. The molecule has 3 nitrogen and oxygen atoms in total. The van der Waals surface area contributed by atoms with Crippen LogP contribution in [0.2, 0.25) is 0 Å². The Bertz CT molecular complexity index is 258. The largest absolute Gasteiger partial charge is 0.480 e. The minimum atomic E-state index is -0.665. The molecule has 0 heterocycles. The zero-order chi connectivity index (χ0) is 11.1. The molecule has 86 valence electrons. The summed E-state index contributed by atoms with van der Waals surface area (Å²) in [7, 11) is 0. The van der Waals surface area contributed by atoms with E-state index in [1.165, 1.54) is 6.42 Å². The Balaban J connectivity index is 1.87. The molecule has 0 saturated heterocycles.